The number of nitrogens with zero attached hydrogens (tertiary/aromatic N) is 1. The molecule has 1 aliphatic carbocycles. The average Bonchev–Trinajstić information content (AvgIpc) is 2.51. The Morgan fingerprint density at radius 2 is 2.12 bits per heavy atom. The largest absolute Gasteiger partial charge is 0.393 e. The van der Waals surface area contributed by atoms with Crippen LogP contribution in [0, 0.1) is 5.92 Å². The van der Waals surface area contributed by atoms with E-state index in [1.54, 1.807) is 6.20 Å². The molecule has 1 saturated carbocycles. The molecule has 126 valence electrons. The number of carbonyl (C=O) groups excluding carboxylic acids is 1. The van der Waals surface area contributed by atoms with E-state index < -0.39 is 17.2 Å². The maximum atomic E-state index is 12.4. The van der Waals surface area contributed by atoms with Gasteiger partial charge >= 0.3 is 5.69 Å². The Labute approximate surface area is 137 Å². The van der Waals surface area contributed by atoms with Gasteiger partial charge in [0.05, 0.1) is 6.10 Å². The fraction of sp³-hybridized carbons (Fsp3) is 0.375. The molecule has 0 aromatic carbocycles. The monoisotopic (exact) mass is 330 g/mol. The highest BCUT2D eigenvalue weighted by Crippen LogP contribution is 2.31. The molecule has 8 nitrogen and oxygen atoms in total. The van der Waals surface area contributed by atoms with Crippen LogP contribution in [0.15, 0.2) is 40.1 Å². The Morgan fingerprint density at radius 1 is 1.33 bits per heavy atom. The third-order valence-corrected chi connectivity index (χ3v) is 4.20. The van der Waals surface area contributed by atoms with E-state index in [1.807, 2.05) is 23.2 Å². The summed E-state index contributed by atoms with van der Waals surface area (Å²) < 4.78 is 0. The van der Waals surface area contributed by atoms with Gasteiger partial charge in [0.2, 0.25) is 0 Å². The molecule has 1 fully saturated rings. The highest BCUT2D eigenvalue weighted by molar-refractivity contribution is 5.92. The molecular weight excluding hydrogens is 312 g/mol. The number of amides is 1. The predicted octanol–water partition coefficient (Wildman–Crippen LogP) is -0.430. The number of pyridine rings is 1. The molecule has 1 aliphatic rings. The summed E-state index contributed by atoms with van der Waals surface area (Å²) >= 11 is 0. The minimum absolute atomic E-state index is 0.0883. The van der Waals surface area contributed by atoms with Gasteiger partial charge < -0.3 is 15.4 Å². The quantitative estimate of drug-likeness (QED) is 0.591. The van der Waals surface area contributed by atoms with E-state index in [0.717, 1.165) is 11.8 Å². The predicted molar refractivity (Wildman–Crippen MR) is 85.6 cm³/mol. The molecule has 0 saturated heterocycles. The topological polar surface area (TPSA) is 128 Å². The molecule has 2 heterocycles. The number of rotatable bonds is 5. The number of H-pyrrole nitrogens is 2. The molecule has 24 heavy (non-hydrogen) atoms. The highest BCUT2D eigenvalue weighted by atomic mass is 16.3. The average molecular weight is 330 g/mol. The summed E-state index contributed by atoms with van der Waals surface area (Å²) in [4.78, 5) is 43.6. The lowest BCUT2D eigenvalue weighted by atomic mass is 9.76. The van der Waals surface area contributed by atoms with Crippen LogP contribution in [0.3, 0.4) is 0 Å². The smallest absolute Gasteiger partial charge is 0.326 e. The summed E-state index contributed by atoms with van der Waals surface area (Å²) in [5.41, 5.74) is -0.629. The Balaban J connectivity index is 1.77. The number of hydrogen-bond donors (Lipinski definition) is 4. The number of aromatic amines is 2. The standard InChI is InChI=1S/C16H18N4O4/c21-11-5-9(6-11)12(7-10-3-1-2-4-17-10)18-15(23)13-8-14(22)20-16(24)19-13/h1-4,8-9,11-12,21H,5-7H2,(H,18,23)(H2,19,20,22,24)/t9?,11?,12-/m0/s1. The summed E-state index contributed by atoms with van der Waals surface area (Å²) in [6.45, 7) is 0. The summed E-state index contributed by atoms with van der Waals surface area (Å²) in [5, 5.41) is 12.4. The zero-order valence-corrected chi connectivity index (χ0v) is 12.9. The van der Waals surface area contributed by atoms with Crippen molar-refractivity contribution in [3.8, 4) is 0 Å². The lowest BCUT2D eigenvalue weighted by Crippen LogP contribution is -2.48. The van der Waals surface area contributed by atoms with Crippen LogP contribution in [-0.2, 0) is 6.42 Å². The molecule has 2 aromatic rings. The summed E-state index contributed by atoms with van der Waals surface area (Å²) in [5.74, 6) is -0.403. The van der Waals surface area contributed by atoms with Crippen LogP contribution < -0.4 is 16.6 Å². The van der Waals surface area contributed by atoms with Crippen molar-refractivity contribution < 1.29 is 9.90 Å². The Bertz CT molecular complexity index is 795. The zero-order chi connectivity index (χ0) is 17.1. The van der Waals surface area contributed by atoms with Gasteiger partial charge in [-0.05, 0) is 30.9 Å². The van der Waals surface area contributed by atoms with Crippen molar-refractivity contribution in [2.24, 2.45) is 5.92 Å². The lowest BCUT2D eigenvalue weighted by molar-refractivity contribution is 0.0237. The first-order chi connectivity index (χ1) is 11.5. The van der Waals surface area contributed by atoms with E-state index in [1.165, 1.54) is 0 Å². The Morgan fingerprint density at radius 3 is 2.75 bits per heavy atom. The first-order valence-corrected chi connectivity index (χ1v) is 7.74. The number of carbonyl (C=O) groups is 1. The van der Waals surface area contributed by atoms with Gasteiger partial charge in [0.1, 0.15) is 5.69 Å². The lowest BCUT2D eigenvalue weighted by Gasteiger charge is -2.38. The van der Waals surface area contributed by atoms with Crippen molar-refractivity contribution in [1.29, 1.82) is 0 Å². The van der Waals surface area contributed by atoms with Crippen molar-refractivity contribution >= 4 is 5.91 Å². The third kappa shape index (κ3) is 3.77. The first kappa shape index (κ1) is 16.1. The minimum atomic E-state index is -0.729. The highest BCUT2D eigenvalue weighted by Gasteiger charge is 2.35. The first-order valence-electron chi connectivity index (χ1n) is 7.74. The second-order valence-corrected chi connectivity index (χ2v) is 5.99. The molecule has 4 N–H and O–H groups in total. The van der Waals surface area contributed by atoms with Crippen molar-refractivity contribution in [3.63, 3.8) is 0 Å². The second-order valence-electron chi connectivity index (χ2n) is 5.99. The van der Waals surface area contributed by atoms with Gasteiger partial charge in [-0.1, -0.05) is 6.07 Å². The van der Waals surface area contributed by atoms with Gasteiger partial charge in [0, 0.05) is 30.4 Å². The van der Waals surface area contributed by atoms with Gasteiger partial charge in [-0.25, -0.2) is 4.79 Å². The molecule has 3 rings (SSSR count). The molecule has 0 radical (unpaired) electrons. The molecule has 1 atom stereocenters. The van der Waals surface area contributed by atoms with Gasteiger partial charge in [-0.3, -0.25) is 19.6 Å². The SMILES string of the molecule is O=C(N[C@@H](Cc1ccccn1)C1CC(O)C1)c1cc(=O)[nH]c(=O)[nH]1. The van der Waals surface area contributed by atoms with Crippen LogP contribution in [0.25, 0.3) is 0 Å². The Hall–Kier alpha value is -2.74. The number of aromatic nitrogens is 3. The number of hydrogen-bond acceptors (Lipinski definition) is 5. The van der Waals surface area contributed by atoms with Crippen LogP contribution in [0.4, 0.5) is 0 Å². The fourth-order valence-electron chi connectivity index (χ4n) is 2.88. The van der Waals surface area contributed by atoms with E-state index in [9.17, 15) is 19.5 Å². The van der Waals surface area contributed by atoms with Crippen molar-refractivity contribution in [2.75, 3.05) is 0 Å². The van der Waals surface area contributed by atoms with Gasteiger partial charge in [-0.15, -0.1) is 0 Å². The van der Waals surface area contributed by atoms with Crippen LogP contribution in [-0.4, -0.2) is 38.1 Å². The number of aliphatic hydroxyl groups excluding tert-OH is 1. The van der Waals surface area contributed by atoms with E-state index in [-0.39, 0.29) is 23.8 Å². The summed E-state index contributed by atoms with van der Waals surface area (Å²) in [6, 6.07) is 6.35. The van der Waals surface area contributed by atoms with E-state index in [2.05, 4.69) is 15.3 Å². The molecular formula is C16H18N4O4. The van der Waals surface area contributed by atoms with Crippen LogP contribution in [0.1, 0.15) is 29.0 Å². The molecule has 2 aromatic heterocycles. The van der Waals surface area contributed by atoms with E-state index in [4.69, 9.17) is 0 Å². The van der Waals surface area contributed by atoms with E-state index >= 15 is 0 Å². The van der Waals surface area contributed by atoms with Gasteiger partial charge in [0.25, 0.3) is 11.5 Å². The molecule has 8 heteroatoms. The van der Waals surface area contributed by atoms with Gasteiger partial charge in [0.15, 0.2) is 0 Å². The van der Waals surface area contributed by atoms with E-state index in [0.29, 0.717) is 19.3 Å². The maximum absolute atomic E-state index is 12.4. The molecule has 0 spiro atoms. The third-order valence-electron chi connectivity index (χ3n) is 4.20. The fourth-order valence-corrected chi connectivity index (χ4v) is 2.88. The molecule has 0 bridgehead atoms. The van der Waals surface area contributed by atoms with Crippen LogP contribution in [0.5, 0.6) is 0 Å². The van der Waals surface area contributed by atoms with Crippen LogP contribution in [0.2, 0.25) is 0 Å². The van der Waals surface area contributed by atoms with Crippen molar-refractivity contribution in [2.45, 2.75) is 31.4 Å². The molecule has 0 aliphatic heterocycles. The van der Waals surface area contributed by atoms with Crippen molar-refractivity contribution in [1.82, 2.24) is 20.3 Å². The normalized spacial score (nSPS) is 20.9. The minimum Gasteiger partial charge on any atom is -0.393 e. The summed E-state index contributed by atoms with van der Waals surface area (Å²) in [7, 11) is 0. The summed E-state index contributed by atoms with van der Waals surface area (Å²) in [6.07, 6.45) is 3.04. The number of nitrogens with one attached hydrogen (secondary N) is 3. The molecule has 0 unspecified atom stereocenters. The van der Waals surface area contributed by atoms with Crippen LogP contribution >= 0.6 is 0 Å². The Kier molecular flexibility index (Phi) is 4.57. The molecule has 1 amide bonds. The second kappa shape index (κ2) is 6.79. The van der Waals surface area contributed by atoms with Gasteiger partial charge in [-0.2, -0.15) is 0 Å². The zero-order valence-electron chi connectivity index (χ0n) is 12.9. The number of aliphatic hydroxyl groups is 1. The maximum Gasteiger partial charge on any atom is 0.326 e. The van der Waals surface area contributed by atoms with Crippen molar-refractivity contribution in [3.05, 3.63) is 62.7 Å².